The van der Waals surface area contributed by atoms with Crippen LogP contribution >= 0.6 is 0 Å². The largest absolute Gasteiger partial charge is 0.416 e. The molecule has 1 saturated heterocycles. The van der Waals surface area contributed by atoms with Crippen LogP contribution in [0.5, 0.6) is 0 Å². The first-order valence-electron chi connectivity index (χ1n) is 12.6. The van der Waals surface area contributed by atoms with E-state index < -0.39 is 11.7 Å². The van der Waals surface area contributed by atoms with Crippen LogP contribution in [0.25, 0.3) is 22.4 Å². The topological polar surface area (TPSA) is 78.6 Å². The minimum atomic E-state index is -4.41. The van der Waals surface area contributed by atoms with Crippen molar-refractivity contribution in [3.63, 3.8) is 0 Å². The quantitative estimate of drug-likeness (QED) is 0.323. The summed E-state index contributed by atoms with van der Waals surface area (Å²) in [6, 6.07) is 5.51. The summed E-state index contributed by atoms with van der Waals surface area (Å²) < 4.78 is 47.8. The molecule has 6 rings (SSSR count). The number of aryl methyl sites for hydroxylation is 2. The Balaban J connectivity index is 1.40. The minimum absolute atomic E-state index is 0.0148. The average molecular weight is 509 g/mol. The van der Waals surface area contributed by atoms with Crippen molar-refractivity contribution in [2.75, 3.05) is 0 Å². The van der Waals surface area contributed by atoms with E-state index in [0.29, 0.717) is 40.7 Å². The molecule has 0 radical (unpaired) electrons. The molecule has 7 nitrogen and oxygen atoms in total. The lowest BCUT2D eigenvalue weighted by atomic mass is 9.89. The van der Waals surface area contributed by atoms with E-state index in [-0.39, 0.29) is 18.1 Å². The molecule has 0 N–H and O–H groups in total. The van der Waals surface area contributed by atoms with Crippen molar-refractivity contribution in [2.45, 2.75) is 76.8 Å². The number of ether oxygens (including phenoxy) is 1. The van der Waals surface area contributed by atoms with Crippen molar-refractivity contribution in [1.82, 2.24) is 29.7 Å². The summed E-state index contributed by atoms with van der Waals surface area (Å²) in [4.78, 5) is 19.0. The molecule has 1 aliphatic carbocycles. The highest BCUT2D eigenvalue weighted by molar-refractivity contribution is 5.87. The van der Waals surface area contributed by atoms with Crippen molar-refractivity contribution in [1.29, 1.82) is 0 Å². The van der Waals surface area contributed by atoms with Crippen molar-refractivity contribution < 1.29 is 17.9 Å². The second-order valence-electron chi connectivity index (χ2n) is 10.2. The van der Waals surface area contributed by atoms with Crippen molar-refractivity contribution in [2.24, 2.45) is 0 Å². The van der Waals surface area contributed by atoms with Crippen LogP contribution in [0.4, 0.5) is 13.2 Å². The summed E-state index contributed by atoms with van der Waals surface area (Å²) in [5.74, 6) is 0.591. The molecule has 0 spiro atoms. The SMILES string of the molecule is Cc1nc2nc([C@H]3C[C@@H](C)O[C@@H](c4cnn(C5CC5)c4)C3)nc(-c3ccc(C(F)(F)F)cc3)c2nc1C. The van der Waals surface area contributed by atoms with Gasteiger partial charge in [0.25, 0.3) is 0 Å². The Morgan fingerprint density at radius 1 is 0.946 bits per heavy atom. The Bertz CT molecular complexity index is 1460. The number of benzene rings is 1. The minimum Gasteiger partial charge on any atom is -0.370 e. The molecule has 2 fully saturated rings. The van der Waals surface area contributed by atoms with Gasteiger partial charge in [0.15, 0.2) is 5.65 Å². The molecule has 1 aromatic carbocycles. The van der Waals surface area contributed by atoms with Crippen molar-refractivity contribution in [3.05, 3.63) is 65.0 Å². The third-order valence-corrected chi connectivity index (χ3v) is 7.24. The Morgan fingerprint density at radius 3 is 2.38 bits per heavy atom. The summed E-state index contributed by atoms with van der Waals surface area (Å²) in [5.41, 5.74) is 3.77. The van der Waals surface area contributed by atoms with Gasteiger partial charge in [-0.2, -0.15) is 18.3 Å². The lowest BCUT2D eigenvalue weighted by molar-refractivity contribution is -0.137. The predicted molar refractivity (Wildman–Crippen MR) is 131 cm³/mol. The number of halogens is 3. The molecule has 1 aliphatic heterocycles. The first-order chi connectivity index (χ1) is 17.7. The molecule has 3 atom stereocenters. The lowest BCUT2D eigenvalue weighted by Gasteiger charge is -2.33. The second kappa shape index (κ2) is 8.86. The average Bonchev–Trinajstić information content (AvgIpc) is 3.59. The van der Waals surface area contributed by atoms with Gasteiger partial charge in [-0.05, 0) is 58.6 Å². The maximum absolute atomic E-state index is 13.2. The lowest BCUT2D eigenvalue weighted by Crippen LogP contribution is -2.26. The van der Waals surface area contributed by atoms with Crippen LogP contribution in [-0.2, 0) is 10.9 Å². The van der Waals surface area contributed by atoms with E-state index in [1.807, 2.05) is 31.6 Å². The fourth-order valence-electron chi connectivity index (χ4n) is 4.96. The van der Waals surface area contributed by atoms with Gasteiger partial charge < -0.3 is 4.74 Å². The monoisotopic (exact) mass is 508 g/mol. The van der Waals surface area contributed by atoms with Gasteiger partial charge in [-0.15, -0.1) is 0 Å². The third kappa shape index (κ3) is 4.70. The molecular formula is C27H27F3N6O. The number of hydrogen-bond acceptors (Lipinski definition) is 6. The number of aromatic nitrogens is 6. The van der Waals surface area contributed by atoms with E-state index in [2.05, 4.69) is 21.3 Å². The Hall–Kier alpha value is -3.40. The Kier molecular flexibility index (Phi) is 5.74. The molecule has 1 saturated carbocycles. The molecule has 10 heteroatoms. The molecule has 37 heavy (non-hydrogen) atoms. The molecule has 0 unspecified atom stereocenters. The van der Waals surface area contributed by atoms with Crippen LogP contribution in [0.15, 0.2) is 36.7 Å². The fourth-order valence-corrected chi connectivity index (χ4v) is 4.96. The van der Waals surface area contributed by atoms with Crippen LogP contribution < -0.4 is 0 Å². The Labute approximate surface area is 212 Å². The van der Waals surface area contributed by atoms with Crippen LogP contribution in [0.3, 0.4) is 0 Å². The molecule has 4 aromatic rings. The predicted octanol–water partition coefficient (Wildman–Crippen LogP) is 6.28. The zero-order valence-corrected chi connectivity index (χ0v) is 20.8. The number of hydrogen-bond donors (Lipinski definition) is 0. The van der Waals surface area contributed by atoms with E-state index in [0.717, 1.165) is 48.3 Å². The summed E-state index contributed by atoms with van der Waals surface area (Å²) in [6.45, 7) is 5.75. The van der Waals surface area contributed by atoms with Gasteiger partial charge >= 0.3 is 6.18 Å². The van der Waals surface area contributed by atoms with Gasteiger partial charge in [0.2, 0.25) is 0 Å². The standard InChI is InChI=1S/C27H27F3N6O/c1-14-10-18(11-22(37-14)19-12-31-36(13-19)21-8-9-21)25-34-23(17-4-6-20(7-5-17)27(28,29)30)24-26(35-25)33-16(3)15(2)32-24/h4-7,12-14,18,21-22H,8-11H2,1-3H3/t14-,18+,22-/m1/s1. The van der Waals surface area contributed by atoms with E-state index in [1.165, 1.54) is 12.1 Å². The van der Waals surface area contributed by atoms with Gasteiger partial charge in [-0.25, -0.2) is 19.9 Å². The van der Waals surface area contributed by atoms with Crippen LogP contribution in [0.2, 0.25) is 0 Å². The van der Waals surface area contributed by atoms with Gasteiger partial charge in [0.05, 0.1) is 41.4 Å². The van der Waals surface area contributed by atoms with Crippen molar-refractivity contribution in [3.8, 4) is 11.3 Å². The number of alkyl halides is 3. The van der Waals surface area contributed by atoms with Crippen LogP contribution in [0, 0.1) is 13.8 Å². The van der Waals surface area contributed by atoms with Crippen LogP contribution in [0.1, 0.15) is 79.0 Å². The highest BCUT2D eigenvalue weighted by Crippen LogP contribution is 2.41. The molecule has 3 aromatic heterocycles. The molecular weight excluding hydrogens is 481 g/mol. The number of rotatable bonds is 4. The molecule has 0 bridgehead atoms. The van der Waals surface area contributed by atoms with E-state index in [4.69, 9.17) is 14.7 Å². The summed E-state index contributed by atoms with van der Waals surface area (Å²) >= 11 is 0. The highest BCUT2D eigenvalue weighted by atomic mass is 19.4. The fraction of sp³-hybridized carbons (Fsp3) is 0.444. The smallest absolute Gasteiger partial charge is 0.370 e. The summed E-state index contributed by atoms with van der Waals surface area (Å²) in [7, 11) is 0. The zero-order valence-electron chi connectivity index (χ0n) is 20.8. The summed E-state index contributed by atoms with van der Waals surface area (Å²) in [6.07, 6.45) is 3.10. The third-order valence-electron chi connectivity index (χ3n) is 7.24. The maximum Gasteiger partial charge on any atom is 0.416 e. The number of fused-ring (bicyclic) bond motifs is 1. The van der Waals surface area contributed by atoms with Crippen molar-refractivity contribution >= 4 is 11.2 Å². The van der Waals surface area contributed by atoms with Gasteiger partial charge in [-0.3, -0.25) is 4.68 Å². The Morgan fingerprint density at radius 2 is 1.68 bits per heavy atom. The first-order valence-corrected chi connectivity index (χ1v) is 12.6. The van der Waals surface area contributed by atoms with Crippen LogP contribution in [-0.4, -0.2) is 35.8 Å². The molecule has 4 heterocycles. The second-order valence-corrected chi connectivity index (χ2v) is 10.2. The van der Waals surface area contributed by atoms with E-state index >= 15 is 0 Å². The summed E-state index contributed by atoms with van der Waals surface area (Å²) in [5, 5.41) is 4.52. The maximum atomic E-state index is 13.2. The molecule has 0 amide bonds. The highest BCUT2D eigenvalue weighted by Gasteiger charge is 2.34. The molecule has 192 valence electrons. The van der Waals surface area contributed by atoms with Gasteiger partial charge in [0, 0.05) is 23.2 Å². The van der Waals surface area contributed by atoms with Gasteiger partial charge in [-0.1, -0.05) is 12.1 Å². The van der Waals surface area contributed by atoms with Gasteiger partial charge in [0.1, 0.15) is 17.0 Å². The van der Waals surface area contributed by atoms with E-state index in [1.54, 1.807) is 0 Å². The first kappa shape index (κ1) is 24.0. The van der Waals surface area contributed by atoms with E-state index in [9.17, 15) is 13.2 Å². The zero-order chi connectivity index (χ0) is 25.9. The molecule has 2 aliphatic rings. The number of nitrogens with zero attached hydrogens (tertiary/aromatic N) is 6. The normalized spacial score (nSPS) is 22.5.